The van der Waals surface area contributed by atoms with Crippen molar-refractivity contribution in [3.05, 3.63) is 24.3 Å². The largest absolute Gasteiger partial charge is 0.383 e. The van der Waals surface area contributed by atoms with Crippen molar-refractivity contribution in [1.29, 1.82) is 0 Å². The molecule has 1 aromatic carbocycles. The van der Waals surface area contributed by atoms with E-state index in [2.05, 4.69) is 10.0 Å². The van der Waals surface area contributed by atoms with Crippen LogP contribution in [0.4, 0.5) is 5.69 Å². The Kier molecular flexibility index (Phi) is 6.79. The zero-order chi connectivity index (χ0) is 14.1. The van der Waals surface area contributed by atoms with Crippen molar-refractivity contribution < 1.29 is 13.2 Å². The van der Waals surface area contributed by atoms with E-state index in [-0.39, 0.29) is 4.90 Å². The Hall–Kier alpha value is -1.15. The Bertz CT molecular complexity index is 460. The summed E-state index contributed by atoms with van der Waals surface area (Å²) in [5, 5.41) is 3.13. The Labute approximate surface area is 114 Å². The maximum Gasteiger partial charge on any atom is 0.240 e. The van der Waals surface area contributed by atoms with Crippen LogP contribution >= 0.6 is 0 Å². The van der Waals surface area contributed by atoms with Crippen molar-refractivity contribution in [1.82, 2.24) is 4.72 Å². The van der Waals surface area contributed by atoms with Crippen LogP contribution in [-0.2, 0) is 14.8 Å². The van der Waals surface area contributed by atoms with E-state index in [1.165, 1.54) is 0 Å². The molecule has 0 spiro atoms. The summed E-state index contributed by atoms with van der Waals surface area (Å²) in [5.74, 6) is 0. The first kappa shape index (κ1) is 15.9. The Balaban J connectivity index is 2.48. The first-order valence-corrected chi connectivity index (χ1v) is 7.70. The van der Waals surface area contributed by atoms with Gasteiger partial charge in [-0.1, -0.05) is 6.92 Å². The quantitative estimate of drug-likeness (QED) is 0.571. The van der Waals surface area contributed by atoms with E-state index in [1.807, 2.05) is 0 Å². The second-order valence-corrected chi connectivity index (χ2v) is 5.62. The van der Waals surface area contributed by atoms with Crippen molar-refractivity contribution in [2.75, 3.05) is 38.2 Å². The highest BCUT2D eigenvalue weighted by molar-refractivity contribution is 7.89. The van der Waals surface area contributed by atoms with Crippen molar-refractivity contribution in [2.45, 2.75) is 11.8 Å². The maximum atomic E-state index is 11.7. The molecule has 0 aromatic heterocycles. The molecule has 0 saturated heterocycles. The number of sulfonamides is 1. The first-order valence-electron chi connectivity index (χ1n) is 6.21. The van der Waals surface area contributed by atoms with Crippen molar-refractivity contribution in [2.24, 2.45) is 5.73 Å². The maximum absolute atomic E-state index is 11.7. The lowest BCUT2D eigenvalue weighted by Gasteiger charge is -2.08. The van der Waals surface area contributed by atoms with Crippen LogP contribution in [0.15, 0.2) is 29.2 Å². The van der Waals surface area contributed by atoms with Crippen LogP contribution in [0.25, 0.3) is 0 Å². The molecule has 0 heterocycles. The molecule has 0 aliphatic carbocycles. The van der Waals surface area contributed by atoms with Gasteiger partial charge < -0.3 is 15.8 Å². The van der Waals surface area contributed by atoms with Gasteiger partial charge in [-0.15, -0.1) is 0 Å². The number of hydrogen-bond donors (Lipinski definition) is 3. The molecule has 4 N–H and O–H groups in total. The summed E-state index contributed by atoms with van der Waals surface area (Å²) in [5.41, 5.74) is 6.15. The van der Waals surface area contributed by atoms with E-state index in [1.54, 1.807) is 31.2 Å². The third-order valence-electron chi connectivity index (χ3n) is 2.34. The summed E-state index contributed by atoms with van der Waals surface area (Å²) in [6.07, 6.45) is 0. The topological polar surface area (TPSA) is 93.5 Å². The van der Waals surface area contributed by atoms with Gasteiger partial charge >= 0.3 is 0 Å². The summed E-state index contributed by atoms with van der Waals surface area (Å²) < 4.78 is 31.1. The summed E-state index contributed by atoms with van der Waals surface area (Å²) in [7, 11) is -3.38. The SMILES string of the molecule is CCNS(=O)(=O)c1ccc(NCCOCCN)cc1. The highest BCUT2D eigenvalue weighted by Gasteiger charge is 2.11. The zero-order valence-corrected chi connectivity index (χ0v) is 11.9. The highest BCUT2D eigenvalue weighted by atomic mass is 32.2. The molecule has 0 unspecified atom stereocenters. The van der Waals surface area contributed by atoms with E-state index in [0.717, 1.165) is 5.69 Å². The second-order valence-electron chi connectivity index (χ2n) is 3.85. The minimum absolute atomic E-state index is 0.263. The van der Waals surface area contributed by atoms with E-state index in [0.29, 0.717) is 32.8 Å². The Morgan fingerprint density at radius 1 is 1.21 bits per heavy atom. The molecule has 7 heteroatoms. The Morgan fingerprint density at radius 3 is 2.47 bits per heavy atom. The molecule has 0 saturated carbocycles. The molecule has 0 radical (unpaired) electrons. The van der Waals surface area contributed by atoms with Gasteiger partial charge in [-0.25, -0.2) is 13.1 Å². The number of ether oxygens (including phenoxy) is 1. The number of anilines is 1. The van der Waals surface area contributed by atoms with Crippen molar-refractivity contribution in [3.63, 3.8) is 0 Å². The fourth-order valence-electron chi connectivity index (χ4n) is 1.48. The molecule has 1 aromatic rings. The minimum atomic E-state index is -3.38. The summed E-state index contributed by atoms with van der Waals surface area (Å²) in [4.78, 5) is 0.263. The van der Waals surface area contributed by atoms with Crippen LogP contribution in [0.5, 0.6) is 0 Å². The number of hydrogen-bond acceptors (Lipinski definition) is 5. The van der Waals surface area contributed by atoms with Gasteiger partial charge in [0.25, 0.3) is 0 Å². The predicted molar refractivity (Wildman–Crippen MR) is 75.7 cm³/mol. The molecular formula is C12H21N3O3S. The fraction of sp³-hybridized carbons (Fsp3) is 0.500. The molecule has 19 heavy (non-hydrogen) atoms. The lowest BCUT2D eigenvalue weighted by atomic mass is 10.3. The summed E-state index contributed by atoms with van der Waals surface area (Å²) in [6.45, 7) is 4.39. The molecule has 0 bridgehead atoms. The standard InChI is InChI=1S/C12H21N3O3S/c1-2-15-19(16,17)12-5-3-11(4-6-12)14-8-10-18-9-7-13/h3-6,14-15H,2,7-10,13H2,1H3. The molecule has 0 aliphatic rings. The van der Waals surface area contributed by atoms with Crippen LogP contribution in [0.2, 0.25) is 0 Å². The van der Waals surface area contributed by atoms with E-state index in [4.69, 9.17) is 10.5 Å². The molecule has 6 nitrogen and oxygen atoms in total. The molecule has 0 fully saturated rings. The van der Waals surface area contributed by atoms with Crippen LogP contribution in [0.3, 0.4) is 0 Å². The molecule has 108 valence electrons. The number of rotatable bonds is 9. The average Bonchev–Trinajstić information content (AvgIpc) is 2.39. The molecule has 1 rings (SSSR count). The number of nitrogens with one attached hydrogen (secondary N) is 2. The van der Waals surface area contributed by atoms with Gasteiger partial charge in [-0.05, 0) is 24.3 Å². The summed E-state index contributed by atoms with van der Waals surface area (Å²) >= 11 is 0. The van der Waals surface area contributed by atoms with Crippen molar-refractivity contribution in [3.8, 4) is 0 Å². The lowest BCUT2D eigenvalue weighted by Crippen LogP contribution is -2.23. The van der Waals surface area contributed by atoms with Gasteiger partial charge in [0, 0.05) is 25.3 Å². The normalized spacial score (nSPS) is 11.5. The van der Waals surface area contributed by atoms with Crippen LogP contribution in [-0.4, -0.2) is 41.3 Å². The second kappa shape index (κ2) is 8.11. The minimum Gasteiger partial charge on any atom is -0.383 e. The third-order valence-corrected chi connectivity index (χ3v) is 3.90. The van der Waals surface area contributed by atoms with Gasteiger partial charge in [0.15, 0.2) is 0 Å². The van der Waals surface area contributed by atoms with Gasteiger partial charge in [-0.2, -0.15) is 0 Å². The average molecular weight is 287 g/mol. The molecule has 0 aliphatic heterocycles. The van der Waals surface area contributed by atoms with E-state index < -0.39 is 10.0 Å². The molecule has 0 atom stereocenters. The monoisotopic (exact) mass is 287 g/mol. The number of nitrogens with two attached hydrogens (primary N) is 1. The first-order chi connectivity index (χ1) is 9.10. The van der Waals surface area contributed by atoms with E-state index >= 15 is 0 Å². The fourth-order valence-corrected chi connectivity index (χ4v) is 2.52. The van der Waals surface area contributed by atoms with E-state index in [9.17, 15) is 8.42 Å². The smallest absolute Gasteiger partial charge is 0.240 e. The van der Waals surface area contributed by atoms with Gasteiger partial charge in [0.2, 0.25) is 10.0 Å². The van der Waals surface area contributed by atoms with Gasteiger partial charge in [-0.3, -0.25) is 0 Å². The Morgan fingerprint density at radius 2 is 1.89 bits per heavy atom. The molecule has 0 amide bonds. The van der Waals surface area contributed by atoms with Crippen LogP contribution in [0.1, 0.15) is 6.92 Å². The predicted octanol–water partition coefficient (Wildman–Crippen LogP) is 0.372. The van der Waals surface area contributed by atoms with Crippen LogP contribution < -0.4 is 15.8 Å². The van der Waals surface area contributed by atoms with Crippen LogP contribution in [0, 0.1) is 0 Å². The zero-order valence-electron chi connectivity index (χ0n) is 11.1. The summed E-state index contributed by atoms with van der Waals surface area (Å²) in [6, 6.07) is 6.60. The third kappa shape index (κ3) is 5.56. The highest BCUT2D eigenvalue weighted by Crippen LogP contribution is 2.13. The van der Waals surface area contributed by atoms with Gasteiger partial charge in [0.05, 0.1) is 18.1 Å². The van der Waals surface area contributed by atoms with Gasteiger partial charge in [0.1, 0.15) is 0 Å². The number of benzene rings is 1. The molecular weight excluding hydrogens is 266 g/mol. The lowest BCUT2D eigenvalue weighted by molar-refractivity contribution is 0.151. The van der Waals surface area contributed by atoms with Crippen molar-refractivity contribution >= 4 is 15.7 Å².